The Kier molecular flexibility index (Phi) is 6.48. The molecule has 0 bridgehead atoms. The summed E-state index contributed by atoms with van der Waals surface area (Å²) < 4.78 is 0. The molecule has 0 aromatic carbocycles. The van der Waals surface area contributed by atoms with Gasteiger partial charge < -0.3 is 15.5 Å². The molecule has 0 saturated carbocycles. The van der Waals surface area contributed by atoms with Crippen LogP contribution in [0.4, 0.5) is 0 Å². The van der Waals surface area contributed by atoms with E-state index in [1.54, 1.807) is 9.80 Å². The second-order valence-corrected chi connectivity index (χ2v) is 9.43. The van der Waals surface area contributed by atoms with Crippen LogP contribution in [-0.4, -0.2) is 51.8 Å². The number of likely N-dealkylation sites (tertiary alicyclic amines) is 1. The molecule has 0 aromatic heterocycles. The van der Waals surface area contributed by atoms with Gasteiger partial charge in [0.1, 0.15) is 0 Å². The van der Waals surface area contributed by atoms with Gasteiger partial charge in [0.25, 0.3) is 0 Å². The van der Waals surface area contributed by atoms with E-state index in [0.29, 0.717) is 37.8 Å². The van der Waals surface area contributed by atoms with Gasteiger partial charge in [-0.15, -0.1) is 0 Å². The van der Waals surface area contributed by atoms with Crippen LogP contribution in [0.15, 0.2) is 0 Å². The van der Waals surface area contributed by atoms with Gasteiger partial charge in [-0.05, 0) is 52.4 Å². The molecule has 1 aliphatic rings. The third kappa shape index (κ3) is 4.95. The van der Waals surface area contributed by atoms with E-state index in [1.165, 1.54) is 0 Å². The smallest absolute Gasteiger partial charge is 0.312 e. The van der Waals surface area contributed by atoms with Crippen LogP contribution < -0.4 is 5.73 Å². The van der Waals surface area contributed by atoms with Crippen LogP contribution in [0.25, 0.3) is 0 Å². The number of amides is 2. The van der Waals surface area contributed by atoms with E-state index in [-0.39, 0.29) is 11.9 Å². The van der Waals surface area contributed by atoms with Gasteiger partial charge in [-0.2, -0.15) is 0 Å². The Labute approximate surface area is 147 Å². The summed E-state index contributed by atoms with van der Waals surface area (Å²) in [7, 11) is 0. The number of rotatable bonds is 4. The second kappa shape index (κ2) is 7.42. The average Bonchev–Trinajstić information content (AvgIpc) is 2.31. The number of nitrogens with zero attached hydrogens (tertiary/aromatic N) is 2. The lowest BCUT2D eigenvalue weighted by Crippen LogP contribution is -2.67. The summed E-state index contributed by atoms with van der Waals surface area (Å²) >= 11 is 0. The number of hydrogen-bond acceptors (Lipinski definition) is 3. The largest absolute Gasteiger partial charge is 0.334 e. The monoisotopic (exact) mass is 339 g/mol. The van der Waals surface area contributed by atoms with E-state index >= 15 is 0 Å². The van der Waals surface area contributed by atoms with Crippen molar-refractivity contribution in [2.75, 3.05) is 13.1 Å². The van der Waals surface area contributed by atoms with Crippen molar-refractivity contribution in [1.29, 1.82) is 0 Å². The lowest BCUT2D eigenvalue weighted by molar-refractivity contribution is -0.164. The molecular formula is C19H37N3O2. The van der Waals surface area contributed by atoms with Crippen LogP contribution in [-0.2, 0) is 9.59 Å². The lowest BCUT2D eigenvalue weighted by Gasteiger charge is -2.54. The summed E-state index contributed by atoms with van der Waals surface area (Å²) in [6.45, 7) is 17.5. The molecule has 140 valence electrons. The van der Waals surface area contributed by atoms with Crippen molar-refractivity contribution in [3.63, 3.8) is 0 Å². The van der Waals surface area contributed by atoms with Gasteiger partial charge in [-0.3, -0.25) is 9.59 Å². The van der Waals surface area contributed by atoms with Gasteiger partial charge in [-0.1, -0.05) is 27.7 Å². The first kappa shape index (κ1) is 20.9. The molecule has 1 aliphatic heterocycles. The predicted molar refractivity (Wildman–Crippen MR) is 98.5 cm³/mol. The molecule has 5 nitrogen and oxygen atoms in total. The summed E-state index contributed by atoms with van der Waals surface area (Å²) in [5, 5.41) is 0. The zero-order valence-corrected chi connectivity index (χ0v) is 16.8. The van der Waals surface area contributed by atoms with Gasteiger partial charge in [0, 0.05) is 30.2 Å². The molecule has 0 atom stereocenters. The number of hydrogen-bond donors (Lipinski definition) is 1. The zero-order valence-electron chi connectivity index (χ0n) is 16.8. The lowest BCUT2D eigenvalue weighted by atomic mass is 9.77. The van der Waals surface area contributed by atoms with E-state index in [1.807, 2.05) is 27.7 Å². The van der Waals surface area contributed by atoms with Crippen molar-refractivity contribution in [3.05, 3.63) is 0 Å². The molecule has 2 N–H and O–H groups in total. The SMILES string of the molecule is CC(C)CN(CC(C)C)C(=O)C(=O)N1C(C)(C)CC(N)CC1(C)C. The van der Waals surface area contributed by atoms with E-state index in [2.05, 4.69) is 27.7 Å². The Morgan fingerprint density at radius 1 is 1.00 bits per heavy atom. The second-order valence-electron chi connectivity index (χ2n) is 9.43. The summed E-state index contributed by atoms with van der Waals surface area (Å²) in [5.41, 5.74) is 5.34. The van der Waals surface area contributed by atoms with Crippen LogP contribution in [0, 0.1) is 11.8 Å². The van der Waals surface area contributed by atoms with Crippen LogP contribution in [0.5, 0.6) is 0 Å². The highest BCUT2D eigenvalue weighted by Gasteiger charge is 2.49. The third-order valence-corrected chi connectivity index (χ3v) is 4.58. The van der Waals surface area contributed by atoms with Crippen molar-refractivity contribution >= 4 is 11.8 Å². The Bertz CT molecular complexity index is 441. The Morgan fingerprint density at radius 2 is 1.38 bits per heavy atom. The van der Waals surface area contributed by atoms with Crippen LogP contribution in [0.3, 0.4) is 0 Å². The summed E-state index contributed by atoms with van der Waals surface area (Å²) in [4.78, 5) is 29.6. The standard InChI is InChI=1S/C19H37N3O2/c1-13(2)11-21(12-14(3)4)16(23)17(24)22-18(5,6)9-15(20)10-19(22,7)8/h13-15H,9-12,20H2,1-8H3. The van der Waals surface area contributed by atoms with Crippen LogP contribution in [0.1, 0.15) is 68.2 Å². The summed E-state index contributed by atoms with van der Waals surface area (Å²) in [5.74, 6) is -0.111. The Balaban J connectivity index is 3.09. The van der Waals surface area contributed by atoms with Crippen LogP contribution in [0.2, 0.25) is 0 Å². The maximum Gasteiger partial charge on any atom is 0.312 e. The molecule has 0 aliphatic carbocycles. The first-order chi connectivity index (χ1) is 10.8. The van der Waals surface area contributed by atoms with Crippen molar-refractivity contribution in [3.8, 4) is 0 Å². The molecule has 0 aromatic rings. The van der Waals surface area contributed by atoms with Gasteiger partial charge in [0.05, 0.1) is 0 Å². The number of nitrogens with two attached hydrogens (primary N) is 1. The molecule has 1 heterocycles. The molecule has 0 unspecified atom stereocenters. The minimum Gasteiger partial charge on any atom is -0.334 e. The minimum absolute atomic E-state index is 0.0524. The normalized spacial score (nSPS) is 20.5. The molecule has 1 fully saturated rings. The number of piperidine rings is 1. The highest BCUT2D eigenvalue weighted by molar-refractivity contribution is 6.35. The van der Waals surface area contributed by atoms with Gasteiger partial charge in [0.2, 0.25) is 0 Å². The summed E-state index contributed by atoms with van der Waals surface area (Å²) in [6, 6.07) is 0.0524. The predicted octanol–water partition coefficient (Wildman–Crippen LogP) is 2.63. The topological polar surface area (TPSA) is 66.6 Å². The maximum absolute atomic E-state index is 13.1. The van der Waals surface area contributed by atoms with Crippen molar-refractivity contribution < 1.29 is 9.59 Å². The first-order valence-corrected chi connectivity index (χ1v) is 9.17. The fourth-order valence-electron chi connectivity index (χ4n) is 4.26. The number of carbonyl (C=O) groups is 2. The quantitative estimate of drug-likeness (QED) is 0.801. The minimum atomic E-state index is -0.421. The van der Waals surface area contributed by atoms with E-state index in [4.69, 9.17) is 5.73 Å². The molecule has 24 heavy (non-hydrogen) atoms. The Hall–Kier alpha value is -1.10. The Morgan fingerprint density at radius 3 is 1.71 bits per heavy atom. The van der Waals surface area contributed by atoms with Crippen LogP contribution >= 0.6 is 0 Å². The molecular weight excluding hydrogens is 302 g/mol. The van der Waals surface area contributed by atoms with Gasteiger partial charge >= 0.3 is 11.8 Å². The fourth-order valence-corrected chi connectivity index (χ4v) is 4.26. The summed E-state index contributed by atoms with van der Waals surface area (Å²) in [6.07, 6.45) is 1.42. The van der Waals surface area contributed by atoms with Crippen molar-refractivity contribution in [2.45, 2.75) is 85.4 Å². The number of carbonyl (C=O) groups excluding carboxylic acids is 2. The zero-order chi connectivity index (χ0) is 18.9. The van der Waals surface area contributed by atoms with Gasteiger partial charge in [-0.25, -0.2) is 0 Å². The van der Waals surface area contributed by atoms with E-state index in [9.17, 15) is 9.59 Å². The van der Waals surface area contributed by atoms with Crippen molar-refractivity contribution in [2.24, 2.45) is 17.6 Å². The molecule has 1 rings (SSSR count). The molecule has 5 heteroatoms. The van der Waals surface area contributed by atoms with E-state index < -0.39 is 17.0 Å². The third-order valence-electron chi connectivity index (χ3n) is 4.58. The average molecular weight is 340 g/mol. The highest BCUT2D eigenvalue weighted by atomic mass is 16.2. The molecule has 1 saturated heterocycles. The van der Waals surface area contributed by atoms with Crippen molar-refractivity contribution in [1.82, 2.24) is 9.80 Å². The molecule has 2 amide bonds. The maximum atomic E-state index is 13.1. The highest BCUT2D eigenvalue weighted by Crippen LogP contribution is 2.38. The molecule has 0 spiro atoms. The first-order valence-electron chi connectivity index (χ1n) is 9.17. The fraction of sp³-hybridized carbons (Fsp3) is 0.895. The van der Waals surface area contributed by atoms with Gasteiger partial charge in [0.15, 0.2) is 0 Å². The van der Waals surface area contributed by atoms with E-state index in [0.717, 1.165) is 0 Å². The molecule has 0 radical (unpaired) electrons.